The summed E-state index contributed by atoms with van der Waals surface area (Å²) in [6.45, 7) is 0. The summed E-state index contributed by atoms with van der Waals surface area (Å²) in [5, 5.41) is 7.02. The first-order chi connectivity index (χ1) is 24.3. The van der Waals surface area contributed by atoms with Crippen molar-refractivity contribution in [3.8, 4) is 16.8 Å². The van der Waals surface area contributed by atoms with E-state index in [0.717, 1.165) is 55.6 Å². The Morgan fingerprint density at radius 3 is 1.78 bits per heavy atom. The molecule has 0 saturated heterocycles. The molecule has 2 heterocycles. The topological polar surface area (TPSA) is 21.3 Å². The fraction of sp³-hybridized carbons (Fsp3) is 0. The van der Waals surface area contributed by atoms with Crippen molar-refractivity contribution in [2.75, 3.05) is 4.90 Å². The average Bonchev–Trinajstić information content (AvgIpc) is 3.73. The third-order valence-corrected chi connectivity index (χ3v) is 9.77. The molecule has 8 aromatic carbocycles. The van der Waals surface area contributed by atoms with Gasteiger partial charge in [0.1, 0.15) is 5.58 Å². The maximum atomic E-state index is 6.87. The van der Waals surface area contributed by atoms with E-state index < -0.39 is 0 Å². The number of rotatable bonds is 5. The van der Waals surface area contributed by atoms with Crippen molar-refractivity contribution in [2.24, 2.45) is 0 Å². The van der Waals surface area contributed by atoms with Crippen molar-refractivity contribution < 1.29 is 4.42 Å². The van der Waals surface area contributed by atoms with Gasteiger partial charge in [-0.3, -0.25) is 0 Å². The van der Waals surface area contributed by atoms with Crippen molar-refractivity contribution in [3.05, 3.63) is 182 Å². The zero-order valence-corrected chi connectivity index (χ0v) is 26.6. The molecule has 3 heteroatoms. The number of fused-ring (bicyclic) bond motifs is 8. The lowest BCUT2D eigenvalue weighted by molar-refractivity contribution is 0.673. The average molecular weight is 627 g/mol. The Hall–Kier alpha value is -6.58. The minimum atomic E-state index is 0.866. The highest BCUT2D eigenvalue weighted by molar-refractivity contribution is 6.17. The summed E-state index contributed by atoms with van der Waals surface area (Å²) in [6.07, 6.45) is 0. The highest BCUT2D eigenvalue weighted by Gasteiger charge is 2.21. The van der Waals surface area contributed by atoms with Crippen LogP contribution in [0.25, 0.3) is 71.3 Å². The molecule has 0 unspecified atom stereocenters. The molecule has 0 atom stereocenters. The van der Waals surface area contributed by atoms with Crippen LogP contribution < -0.4 is 4.90 Å². The smallest absolute Gasteiger partial charge is 0.159 e. The van der Waals surface area contributed by atoms with Gasteiger partial charge in [0.25, 0.3) is 0 Å². The molecule has 2 aromatic heterocycles. The van der Waals surface area contributed by atoms with E-state index in [2.05, 4.69) is 191 Å². The van der Waals surface area contributed by atoms with Crippen molar-refractivity contribution in [1.82, 2.24) is 4.57 Å². The van der Waals surface area contributed by atoms with Gasteiger partial charge in [0, 0.05) is 44.0 Å². The van der Waals surface area contributed by atoms with Crippen LogP contribution in [-0.2, 0) is 0 Å². The molecule has 0 aliphatic heterocycles. The normalized spacial score (nSPS) is 11.7. The zero-order valence-electron chi connectivity index (χ0n) is 26.6. The number of aromatic nitrogens is 1. The molecule has 0 aliphatic carbocycles. The van der Waals surface area contributed by atoms with Crippen LogP contribution in [0.5, 0.6) is 0 Å². The Kier molecular flexibility index (Phi) is 6.18. The van der Waals surface area contributed by atoms with E-state index in [9.17, 15) is 0 Å². The molecular weight excluding hydrogens is 597 g/mol. The lowest BCUT2D eigenvalue weighted by atomic mass is 10.0. The van der Waals surface area contributed by atoms with Crippen LogP contribution in [0.1, 0.15) is 0 Å². The lowest BCUT2D eigenvalue weighted by Crippen LogP contribution is -2.10. The lowest BCUT2D eigenvalue weighted by Gasteiger charge is -2.26. The van der Waals surface area contributed by atoms with Crippen LogP contribution in [-0.4, -0.2) is 4.57 Å². The summed E-state index contributed by atoms with van der Waals surface area (Å²) in [5.74, 6) is 0. The van der Waals surface area contributed by atoms with Crippen molar-refractivity contribution in [3.63, 3.8) is 0 Å². The van der Waals surface area contributed by atoms with E-state index in [1.165, 1.54) is 32.8 Å². The quantitative estimate of drug-likeness (QED) is 0.190. The number of nitrogens with zero attached hydrogens (tertiary/aromatic N) is 2. The minimum Gasteiger partial charge on any atom is -0.453 e. The zero-order chi connectivity index (χ0) is 32.3. The van der Waals surface area contributed by atoms with Crippen LogP contribution in [0.2, 0.25) is 0 Å². The Bertz CT molecular complexity index is 2770. The highest BCUT2D eigenvalue weighted by Crippen LogP contribution is 2.44. The molecule has 10 rings (SSSR count). The fourth-order valence-corrected chi connectivity index (χ4v) is 7.52. The number of furan rings is 1. The molecule has 0 aliphatic rings. The Morgan fingerprint density at radius 1 is 0.388 bits per heavy atom. The van der Waals surface area contributed by atoms with E-state index in [-0.39, 0.29) is 0 Å². The predicted octanol–water partition coefficient (Wildman–Crippen LogP) is 13.0. The maximum absolute atomic E-state index is 6.87. The van der Waals surface area contributed by atoms with E-state index in [1.807, 2.05) is 0 Å². The highest BCUT2D eigenvalue weighted by atomic mass is 16.3. The summed E-state index contributed by atoms with van der Waals surface area (Å²) in [7, 11) is 0. The second kappa shape index (κ2) is 11.0. The van der Waals surface area contributed by atoms with Gasteiger partial charge in [-0.15, -0.1) is 0 Å². The van der Waals surface area contributed by atoms with Crippen molar-refractivity contribution in [1.29, 1.82) is 0 Å². The van der Waals surface area contributed by atoms with Gasteiger partial charge >= 0.3 is 0 Å². The van der Waals surface area contributed by atoms with Crippen LogP contribution >= 0.6 is 0 Å². The monoisotopic (exact) mass is 626 g/mol. The van der Waals surface area contributed by atoms with E-state index in [0.29, 0.717) is 0 Å². The largest absolute Gasteiger partial charge is 0.453 e. The molecule has 3 nitrogen and oxygen atoms in total. The number of benzene rings is 8. The van der Waals surface area contributed by atoms with Crippen LogP contribution in [0.3, 0.4) is 0 Å². The van der Waals surface area contributed by atoms with Gasteiger partial charge in [-0.05, 0) is 77.2 Å². The first kappa shape index (κ1) is 27.5. The Labute approximate surface area is 283 Å². The number of hydrogen-bond acceptors (Lipinski definition) is 2. The molecule has 0 bridgehead atoms. The van der Waals surface area contributed by atoms with Crippen LogP contribution in [0, 0.1) is 0 Å². The Morgan fingerprint density at radius 2 is 1.00 bits per heavy atom. The first-order valence-corrected chi connectivity index (χ1v) is 16.7. The van der Waals surface area contributed by atoms with E-state index >= 15 is 0 Å². The summed E-state index contributed by atoms with van der Waals surface area (Å²) >= 11 is 0. The second-order valence-corrected chi connectivity index (χ2v) is 12.6. The fourth-order valence-electron chi connectivity index (χ4n) is 7.52. The number of para-hydroxylation sites is 3. The Balaban J connectivity index is 1.19. The van der Waals surface area contributed by atoms with Gasteiger partial charge in [-0.25, -0.2) is 0 Å². The number of anilines is 3. The molecule has 0 saturated carbocycles. The van der Waals surface area contributed by atoms with Crippen LogP contribution in [0.4, 0.5) is 17.1 Å². The summed E-state index contributed by atoms with van der Waals surface area (Å²) in [5.41, 5.74) is 10.7. The summed E-state index contributed by atoms with van der Waals surface area (Å²) in [6, 6.07) is 64.8. The molecule has 0 fully saturated rings. The van der Waals surface area contributed by atoms with E-state index in [1.54, 1.807) is 0 Å². The SMILES string of the molecule is c1ccc(-c2cccc(N(c3ccc(-n4c5ccccc5c5ccccc54)cc3)c3cccc4c3oc3c5ccccc5ccc43)c2)cc1. The van der Waals surface area contributed by atoms with Gasteiger partial charge in [0.15, 0.2) is 5.58 Å². The molecule has 230 valence electrons. The van der Waals surface area contributed by atoms with Gasteiger partial charge in [0.05, 0.1) is 16.7 Å². The molecular formula is C46H30N2O. The third kappa shape index (κ3) is 4.37. The van der Waals surface area contributed by atoms with Crippen molar-refractivity contribution in [2.45, 2.75) is 0 Å². The summed E-state index contributed by atoms with van der Waals surface area (Å²) in [4.78, 5) is 2.33. The van der Waals surface area contributed by atoms with Gasteiger partial charge in [-0.1, -0.05) is 121 Å². The van der Waals surface area contributed by atoms with Gasteiger partial charge < -0.3 is 13.9 Å². The predicted molar refractivity (Wildman–Crippen MR) is 206 cm³/mol. The molecule has 49 heavy (non-hydrogen) atoms. The standard InChI is InChI=1S/C46H30N2O/c1-2-12-31(13-3-1)33-15-10-16-36(30-33)47(44-23-11-20-40-41-29-24-32-14-4-5-17-37(32)45(41)49-46(40)44)34-25-27-35(28-26-34)48-42-21-8-6-18-38(42)39-19-7-9-22-43(39)48/h1-30H. The number of hydrogen-bond donors (Lipinski definition) is 0. The first-order valence-electron chi connectivity index (χ1n) is 16.7. The molecule has 0 N–H and O–H groups in total. The van der Waals surface area contributed by atoms with Gasteiger partial charge in [0.2, 0.25) is 0 Å². The minimum absolute atomic E-state index is 0.866. The maximum Gasteiger partial charge on any atom is 0.159 e. The molecule has 0 radical (unpaired) electrons. The molecule has 0 spiro atoms. The molecule has 0 amide bonds. The van der Waals surface area contributed by atoms with Gasteiger partial charge in [-0.2, -0.15) is 0 Å². The van der Waals surface area contributed by atoms with E-state index in [4.69, 9.17) is 4.42 Å². The van der Waals surface area contributed by atoms with Crippen molar-refractivity contribution >= 4 is 71.6 Å². The van der Waals surface area contributed by atoms with Crippen LogP contribution in [0.15, 0.2) is 186 Å². The second-order valence-electron chi connectivity index (χ2n) is 12.6. The summed E-state index contributed by atoms with van der Waals surface area (Å²) < 4.78 is 9.23. The third-order valence-electron chi connectivity index (χ3n) is 9.77. The molecule has 10 aromatic rings.